The first kappa shape index (κ1) is 15.4. The number of carboxylic acid groups (broad SMARTS) is 1. The summed E-state index contributed by atoms with van der Waals surface area (Å²) in [6, 6.07) is 9.87. The van der Waals surface area contributed by atoms with Gasteiger partial charge in [0, 0.05) is 0 Å². The van der Waals surface area contributed by atoms with Gasteiger partial charge in [0.25, 0.3) is 0 Å². The average molecular weight is 322 g/mol. The van der Waals surface area contributed by atoms with Crippen LogP contribution >= 0.6 is 11.3 Å². The van der Waals surface area contributed by atoms with Crippen LogP contribution in [0.2, 0.25) is 0 Å². The average Bonchev–Trinajstić information content (AvgIpc) is 2.90. The minimum absolute atomic E-state index is 0.00130. The third kappa shape index (κ3) is 3.79. The van der Waals surface area contributed by atoms with Gasteiger partial charge in [-0.3, -0.25) is 15.4 Å². The van der Waals surface area contributed by atoms with E-state index in [1.165, 1.54) is 0 Å². The Hall–Kier alpha value is -2.94. The molecule has 1 aromatic carbocycles. The third-order valence-corrected chi connectivity index (χ3v) is 3.62. The maximum absolute atomic E-state index is 11.6. The highest BCUT2D eigenvalue weighted by Gasteiger charge is 2.23. The van der Waals surface area contributed by atoms with Gasteiger partial charge in [0.05, 0.1) is 16.7 Å². The topological polar surface area (TPSA) is 119 Å². The summed E-state index contributed by atoms with van der Waals surface area (Å²) in [7, 11) is 0. The molecule has 0 fully saturated rings. The first-order chi connectivity index (χ1) is 10.5. The van der Waals surface area contributed by atoms with Crippen LogP contribution in [0.4, 0.5) is 15.5 Å². The molecule has 0 unspecified atom stereocenters. The Kier molecular flexibility index (Phi) is 4.69. The molecule has 22 heavy (non-hydrogen) atoms. The summed E-state index contributed by atoms with van der Waals surface area (Å²) in [5, 5.41) is 21.5. The summed E-state index contributed by atoms with van der Waals surface area (Å²) in [6.45, 7) is 0.00130. The molecule has 1 heterocycles. The van der Waals surface area contributed by atoms with Crippen LogP contribution in [0.5, 0.6) is 0 Å². The van der Waals surface area contributed by atoms with Crippen LogP contribution in [0.3, 0.4) is 0 Å². The smallest absolute Gasteiger partial charge is 0.412 e. The van der Waals surface area contributed by atoms with Gasteiger partial charge >= 0.3 is 17.1 Å². The molecule has 9 heteroatoms. The lowest BCUT2D eigenvalue weighted by Crippen LogP contribution is -2.14. The molecular weight excluding hydrogens is 312 g/mol. The van der Waals surface area contributed by atoms with Crippen LogP contribution in [0, 0.1) is 10.1 Å². The van der Waals surface area contributed by atoms with E-state index in [2.05, 4.69) is 5.32 Å². The van der Waals surface area contributed by atoms with Crippen LogP contribution < -0.4 is 5.32 Å². The lowest BCUT2D eigenvalue weighted by Gasteiger charge is -2.06. The molecule has 0 atom stereocenters. The van der Waals surface area contributed by atoms with Gasteiger partial charge in [-0.2, -0.15) is 0 Å². The number of carboxylic acids is 1. The highest BCUT2D eigenvalue weighted by molar-refractivity contribution is 7.17. The van der Waals surface area contributed by atoms with Crippen molar-refractivity contribution in [1.29, 1.82) is 0 Å². The number of carbonyl (C=O) groups excluding carboxylic acids is 1. The summed E-state index contributed by atoms with van der Waals surface area (Å²) in [5.74, 6) is -1.36. The normalized spacial score (nSPS) is 10.0. The Bertz CT molecular complexity index is 713. The van der Waals surface area contributed by atoms with Crippen molar-refractivity contribution in [3.05, 3.63) is 57.0 Å². The summed E-state index contributed by atoms with van der Waals surface area (Å²) in [4.78, 5) is 32.3. The summed E-state index contributed by atoms with van der Waals surface area (Å²) >= 11 is 0.463. The molecule has 8 nitrogen and oxygen atoms in total. The number of rotatable bonds is 5. The summed E-state index contributed by atoms with van der Waals surface area (Å²) < 4.78 is 4.93. The van der Waals surface area contributed by atoms with E-state index in [9.17, 15) is 19.7 Å². The number of hydrogen-bond donors (Lipinski definition) is 2. The summed E-state index contributed by atoms with van der Waals surface area (Å²) in [6.07, 6.45) is -0.890. The Morgan fingerprint density at radius 2 is 2.00 bits per heavy atom. The lowest BCUT2D eigenvalue weighted by atomic mass is 10.2. The van der Waals surface area contributed by atoms with E-state index in [-0.39, 0.29) is 22.2 Å². The van der Waals surface area contributed by atoms with Gasteiger partial charge in [-0.25, -0.2) is 9.59 Å². The molecule has 2 rings (SSSR count). The number of benzene rings is 1. The molecule has 1 aromatic heterocycles. The van der Waals surface area contributed by atoms with Gasteiger partial charge in [-0.05, 0) is 5.56 Å². The Morgan fingerprint density at radius 1 is 1.32 bits per heavy atom. The standard InChI is InChI=1S/C13H10N2O6S/c16-12(17)11-9(6-10(22-11)15(19)20)14-13(18)21-7-8-4-2-1-3-5-8/h1-6H,7H2,(H,14,18)(H,16,17). The molecule has 114 valence electrons. The first-order valence-corrected chi connectivity index (χ1v) is 6.78. The van der Waals surface area contributed by atoms with Crippen molar-refractivity contribution < 1.29 is 24.4 Å². The number of nitrogens with one attached hydrogen (secondary N) is 1. The van der Waals surface area contributed by atoms with Crippen molar-refractivity contribution >= 4 is 34.1 Å². The van der Waals surface area contributed by atoms with Gasteiger partial charge in [0.15, 0.2) is 0 Å². The Morgan fingerprint density at radius 3 is 2.59 bits per heavy atom. The highest BCUT2D eigenvalue weighted by atomic mass is 32.1. The molecule has 0 aliphatic heterocycles. The number of hydrogen-bond acceptors (Lipinski definition) is 6. The SMILES string of the molecule is O=C(Nc1cc([N+](=O)[O-])sc1C(=O)O)OCc1ccccc1. The van der Waals surface area contributed by atoms with Crippen LogP contribution in [-0.4, -0.2) is 22.1 Å². The highest BCUT2D eigenvalue weighted by Crippen LogP contribution is 2.32. The molecule has 0 saturated carbocycles. The van der Waals surface area contributed by atoms with Crippen molar-refractivity contribution in [3.8, 4) is 0 Å². The number of nitrogens with zero attached hydrogens (tertiary/aromatic N) is 1. The quantitative estimate of drug-likeness (QED) is 0.645. The van der Waals surface area contributed by atoms with E-state index in [4.69, 9.17) is 9.84 Å². The van der Waals surface area contributed by atoms with Gasteiger partial charge in [-0.15, -0.1) is 0 Å². The fraction of sp³-hybridized carbons (Fsp3) is 0.0769. The van der Waals surface area contributed by atoms with Crippen molar-refractivity contribution in [2.24, 2.45) is 0 Å². The molecule has 2 N–H and O–H groups in total. The van der Waals surface area contributed by atoms with Gasteiger partial charge in [0.1, 0.15) is 11.5 Å². The molecule has 0 aliphatic rings. The second-order valence-electron chi connectivity index (χ2n) is 4.08. The van der Waals surface area contributed by atoms with E-state index >= 15 is 0 Å². The second kappa shape index (κ2) is 6.68. The van der Waals surface area contributed by atoms with Gasteiger partial charge < -0.3 is 9.84 Å². The molecule has 0 saturated heterocycles. The van der Waals surface area contributed by atoms with Gasteiger partial charge in [0.2, 0.25) is 0 Å². The van der Waals surface area contributed by atoms with Crippen LogP contribution in [0.25, 0.3) is 0 Å². The minimum Gasteiger partial charge on any atom is -0.477 e. The van der Waals surface area contributed by atoms with E-state index in [0.717, 1.165) is 11.6 Å². The zero-order chi connectivity index (χ0) is 16.1. The van der Waals surface area contributed by atoms with Crippen molar-refractivity contribution in [2.75, 3.05) is 5.32 Å². The molecule has 0 spiro atoms. The predicted octanol–water partition coefficient (Wildman–Crippen LogP) is 3.10. The molecule has 0 radical (unpaired) electrons. The maximum atomic E-state index is 11.6. The predicted molar refractivity (Wildman–Crippen MR) is 78.2 cm³/mol. The monoisotopic (exact) mass is 322 g/mol. The minimum atomic E-state index is -1.36. The first-order valence-electron chi connectivity index (χ1n) is 5.96. The number of aromatic carboxylic acids is 1. The van der Waals surface area contributed by atoms with Crippen LogP contribution in [0.15, 0.2) is 36.4 Å². The van der Waals surface area contributed by atoms with Crippen molar-refractivity contribution in [3.63, 3.8) is 0 Å². The number of amides is 1. The van der Waals surface area contributed by atoms with Crippen molar-refractivity contribution in [1.82, 2.24) is 0 Å². The number of thiophene rings is 1. The molecule has 0 aliphatic carbocycles. The zero-order valence-electron chi connectivity index (χ0n) is 11.0. The fourth-order valence-electron chi connectivity index (χ4n) is 1.59. The lowest BCUT2D eigenvalue weighted by molar-refractivity contribution is -0.380. The van der Waals surface area contributed by atoms with E-state index < -0.39 is 17.0 Å². The number of anilines is 1. The fourth-order valence-corrected chi connectivity index (χ4v) is 2.36. The zero-order valence-corrected chi connectivity index (χ0v) is 11.8. The molecule has 2 aromatic rings. The van der Waals surface area contributed by atoms with E-state index in [0.29, 0.717) is 11.3 Å². The van der Waals surface area contributed by atoms with Crippen LogP contribution in [-0.2, 0) is 11.3 Å². The molecular formula is C13H10N2O6S. The second-order valence-corrected chi connectivity index (χ2v) is 5.11. The Labute approximate surface area is 128 Å². The number of ether oxygens (including phenoxy) is 1. The largest absolute Gasteiger partial charge is 0.477 e. The van der Waals surface area contributed by atoms with Crippen molar-refractivity contribution in [2.45, 2.75) is 6.61 Å². The molecule has 0 bridgehead atoms. The van der Waals surface area contributed by atoms with Crippen LogP contribution in [0.1, 0.15) is 15.2 Å². The third-order valence-electron chi connectivity index (χ3n) is 2.54. The molecule has 1 amide bonds. The maximum Gasteiger partial charge on any atom is 0.412 e. The number of carbonyl (C=O) groups is 2. The van der Waals surface area contributed by atoms with Gasteiger partial charge in [-0.1, -0.05) is 41.7 Å². The summed E-state index contributed by atoms with van der Waals surface area (Å²) in [5.41, 5.74) is 0.592. The number of nitro groups is 1. The van der Waals surface area contributed by atoms with E-state index in [1.54, 1.807) is 24.3 Å². The van der Waals surface area contributed by atoms with E-state index in [1.807, 2.05) is 6.07 Å². The Balaban J connectivity index is 2.04.